The summed E-state index contributed by atoms with van der Waals surface area (Å²) in [7, 11) is 1.58. The molecule has 0 spiro atoms. The van der Waals surface area contributed by atoms with Gasteiger partial charge in [0, 0.05) is 33.2 Å². The predicted octanol–water partition coefficient (Wildman–Crippen LogP) is -0.616. The molecular formula is C12H23N3O3. The highest BCUT2D eigenvalue weighted by Crippen LogP contribution is 2.39. The van der Waals surface area contributed by atoms with Crippen LogP contribution < -0.4 is 16.4 Å². The fourth-order valence-corrected chi connectivity index (χ4v) is 1.99. The lowest BCUT2D eigenvalue weighted by Crippen LogP contribution is -2.50. The Morgan fingerprint density at radius 3 is 2.50 bits per heavy atom. The standard InChI is InChI=1S/C12H23N3O3/c1-18-8-7-14-10(16)3-6-15-11(17)12(9-13)4-2-5-12/h2-9,13H2,1H3,(H,14,16)(H,15,17). The normalized spacial score (nSPS) is 16.8. The second-order valence-corrected chi connectivity index (χ2v) is 4.69. The molecule has 2 amide bonds. The number of hydrogen-bond acceptors (Lipinski definition) is 4. The summed E-state index contributed by atoms with van der Waals surface area (Å²) in [4.78, 5) is 23.2. The zero-order valence-corrected chi connectivity index (χ0v) is 11.0. The number of nitrogens with one attached hydrogen (secondary N) is 2. The summed E-state index contributed by atoms with van der Waals surface area (Å²) >= 11 is 0. The Kier molecular flexibility index (Phi) is 6.07. The molecule has 0 aromatic carbocycles. The zero-order valence-electron chi connectivity index (χ0n) is 11.0. The number of carbonyl (C=O) groups excluding carboxylic acids is 2. The van der Waals surface area contributed by atoms with Gasteiger partial charge in [0.1, 0.15) is 0 Å². The number of ether oxygens (including phenoxy) is 1. The molecule has 0 heterocycles. The maximum absolute atomic E-state index is 11.9. The van der Waals surface area contributed by atoms with Crippen LogP contribution in [0.4, 0.5) is 0 Å². The quantitative estimate of drug-likeness (QED) is 0.505. The minimum atomic E-state index is -0.369. The molecule has 1 aliphatic carbocycles. The summed E-state index contributed by atoms with van der Waals surface area (Å²) in [5, 5.41) is 5.48. The average Bonchev–Trinajstić information content (AvgIpc) is 2.28. The maximum atomic E-state index is 11.9. The molecule has 1 rings (SSSR count). The molecule has 0 unspecified atom stereocenters. The summed E-state index contributed by atoms with van der Waals surface area (Å²) in [6.07, 6.45) is 3.06. The average molecular weight is 257 g/mol. The van der Waals surface area contributed by atoms with Gasteiger partial charge in [-0.3, -0.25) is 9.59 Å². The van der Waals surface area contributed by atoms with Crippen LogP contribution in [0.15, 0.2) is 0 Å². The van der Waals surface area contributed by atoms with Crippen LogP contribution in [0.25, 0.3) is 0 Å². The summed E-state index contributed by atoms with van der Waals surface area (Å²) < 4.78 is 4.82. The Labute approximate surface area is 108 Å². The molecular weight excluding hydrogens is 234 g/mol. The van der Waals surface area contributed by atoms with Crippen LogP contribution in [-0.4, -0.2) is 45.2 Å². The van der Waals surface area contributed by atoms with Gasteiger partial charge < -0.3 is 21.1 Å². The van der Waals surface area contributed by atoms with Crippen molar-refractivity contribution in [3.63, 3.8) is 0 Å². The maximum Gasteiger partial charge on any atom is 0.227 e. The first kappa shape index (κ1) is 14.9. The molecule has 0 aromatic rings. The van der Waals surface area contributed by atoms with Crippen molar-refractivity contribution in [1.82, 2.24) is 10.6 Å². The Morgan fingerprint density at radius 1 is 1.28 bits per heavy atom. The molecule has 0 aromatic heterocycles. The topological polar surface area (TPSA) is 93.5 Å². The molecule has 0 radical (unpaired) electrons. The van der Waals surface area contributed by atoms with E-state index in [-0.39, 0.29) is 23.7 Å². The van der Waals surface area contributed by atoms with Crippen LogP contribution in [0.1, 0.15) is 25.7 Å². The van der Waals surface area contributed by atoms with Gasteiger partial charge in [-0.15, -0.1) is 0 Å². The summed E-state index contributed by atoms with van der Waals surface area (Å²) in [6.45, 7) is 1.74. The van der Waals surface area contributed by atoms with E-state index < -0.39 is 0 Å². The van der Waals surface area contributed by atoms with Gasteiger partial charge in [0.25, 0.3) is 0 Å². The van der Waals surface area contributed by atoms with Crippen LogP contribution in [-0.2, 0) is 14.3 Å². The summed E-state index contributed by atoms with van der Waals surface area (Å²) in [5.41, 5.74) is 5.26. The van der Waals surface area contributed by atoms with E-state index in [1.54, 1.807) is 7.11 Å². The molecule has 1 aliphatic rings. The van der Waals surface area contributed by atoms with E-state index in [2.05, 4.69) is 10.6 Å². The van der Waals surface area contributed by atoms with Crippen molar-refractivity contribution in [2.75, 3.05) is 33.4 Å². The van der Waals surface area contributed by atoms with Crippen molar-refractivity contribution in [2.45, 2.75) is 25.7 Å². The van der Waals surface area contributed by atoms with E-state index >= 15 is 0 Å². The van der Waals surface area contributed by atoms with Gasteiger partial charge in [-0.05, 0) is 12.8 Å². The first-order valence-electron chi connectivity index (χ1n) is 6.38. The van der Waals surface area contributed by atoms with Gasteiger partial charge in [-0.25, -0.2) is 0 Å². The molecule has 4 N–H and O–H groups in total. The molecule has 0 atom stereocenters. The van der Waals surface area contributed by atoms with Gasteiger partial charge in [0.15, 0.2) is 0 Å². The van der Waals surface area contributed by atoms with Crippen molar-refractivity contribution in [3.05, 3.63) is 0 Å². The molecule has 0 aliphatic heterocycles. The number of rotatable bonds is 8. The highest BCUT2D eigenvalue weighted by molar-refractivity contribution is 5.84. The molecule has 18 heavy (non-hydrogen) atoms. The molecule has 0 saturated heterocycles. The molecule has 6 heteroatoms. The van der Waals surface area contributed by atoms with Crippen molar-refractivity contribution >= 4 is 11.8 Å². The first-order chi connectivity index (χ1) is 8.64. The fourth-order valence-electron chi connectivity index (χ4n) is 1.99. The van der Waals surface area contributed by atoms with Crippen LogP contribution in [0.2, 0.25) is 0 Å². The van der Waals surface area contributed by atoms with E-state index in [4.69, 9.17) is 10.5 Å². The van der Waals surface area contributed by atoms with Crippen LogP contribution in [0, 0.1) is 5.41 Å². The largest absolute Gasteiger partial charge is 0.383 e. The molecule has 1 fully saturated rings. The number of amides is 2. The fraction of sp³-hybridized carbons (Fsp3) is 0.833. The van der Waals surface area contributed by atoms with E-state index in [1.807, 2.05) is 0 Å². The number of methoxy groups -OCH3 is 1. The summed E-state index contributed by atoms with van der Waals surface area (Å²) in [6, 6.07) is 0. The van der Waals surface area contributed by atoms with Gasteiger partial charge in [-0.2, -0.15) is 0 Å². The van der Waals surface area contributed by atoms with Gasteiger partial charge in [-0.1, -0.05) is 6.42 Å². The highest BCUT2D eigenvalue weighted by atomic mass is 16.5. The second-order valence-electron chi connectivity index (χ2n) is 4.69. The predicted molar refractivity (Wildman–Crippen MR) is 67.9 cm³/mol. The minimum Gasteiger partial charge on any atom is -0.383 e. The zero-order chi connectivity index (χ0) is 13.4. The van der Waals surface area contributed by atoms with Crippen LogP contribution >= 0.6 is 0 Å². The second kappa shape index (κ2) is 7.33. The Balaban J connectivity index is 2.13. The Morgan fingerprint density at radius 2 is 2.00 bits per heavy atom. The lowest BCUT2D eigenvalue weighted by molar-refractivity contribution is -0.135. The lowest BCUT2D eigenvalue weighted by Gasteiger charge is -2.39. The van der Waals surface area contributed by atoms with E-state index in [0.717, 1.165) is 19.3 Å². The monoisotopic (exact) mass is 257 g/mol. The van der Waals surface area contributed by atoms with Crippen LogP contribution in [0.3, 0.4) is 0 Å². The molecule has 0 bridgehead atoms. The van der Waals surface area contributed by atoms with Gasteiger partial charge >= 0.3 is 0 Å². The minimum absolute atomic E-state index is 0.0130. The first-order valence-corrected chi connectivity index (χ1v) is 6.38. The lowest BCUT2D eigenvalue weighted by atomic mass is 9.68. The van der Waals surface area contributed by atoms with E-state index in [9.17, 15) is 9.59 Å². The van der Waals surface area contributed by atoms with Crippen molar-refractivity contribution < 1.29 is 14.3 Å². The number of carbonyl (C=O) groups is 2. The van der Waals surface area contributed by atoms with Crippen molar-refractivity contribution in [1.29, 1.82) is 0 Å². The number of nitrogens with two attached hydrogens (primary N) is 1. The molecule has 1 saturated carbocycles. The third kappa shape index (κ3) is 3.96. The number of hydrogen-bond donors (Lipinski definition) is 3. The van der Waals surface area contributed by atoms with Crippen molar-refractivity contribution in [3.8, 4) is 0 Å². The van der Waals surface area contributed by atoms with Gasteiger partial charge in [0.05, 0.1) is 12.0 Å². The third-order valence-corrected chi connectivity index (χ3v) is 3.45. The highest BCUT2D eigenvalue weighted by Gasteiger charge is 2.42. The van der Waals surface area contributed by atoms with E-state index in [0.29, 0.717) is 26.2 Å². The molecule has 6 nitrogen and oxygen atoms in total. The SMILES string of the molecule is COCCNC(=O)CCNC(=O)C1(CN)CCC1. The smallest absolute Gasteiger partial charge is 0.227 e. The van der Waals surface area contributed by atoms with Crippen LogP contribution in [0.5, 0.6) is 0 Å². The van der Waals surface area contributed by atoms with Gasteiger partial charge in [0.2, 0.25) is 11.8 Å². The van der Waals surface area contributed by atoms with E-state index in [1.165, 1.54) is 0 Å². The third-order valence-electron chi connectivity index (χ3n) is 3.45. The Hall–Kier alpha value is -1.14. The Bertz CT molecular complexity index is 285. The summed E-state index contributed by atoms with van der Waals surface area (Å²) in [5.74, 6) is -0.0938. The molecule has 104 valence electrons. The van der Waals surface area contributed by atoms with Crippen molar-refractivity contribution in [2.24, 2.45) is 11.1 Å².